The van der Waals surface area contributed by atoms with Crippen molar-refractivity contribution >= 4 is 27.7 Å². The number of fused-ring (bicyclic) bond motifs is 2. The summed E-state index contributed by atoms with van der Waals surface area (Å²) in [6, 6.07) is 29.4. The van der Waals surface area contributed by atoms with E-state index in [1.165, 1.54) is 0 Å². The minimum atomic E-state index is -0.384. The van der Waals surface area contributed by atoms with Crippen LogP contribution in [0.15, 0.2) is 91.0 Å². The first-order valence-electron chi connectivity index (χ1n) is 9.99. The van der Waals surface area contributed by atoms with Gasteiger partial charge in [-0.05, 0) is 47.0 Å². The first-order chi connectivity index (χ1) is 14.7. The minimum Gasteiger partial charge on any atom is -0.340 e. The van der Waals surface area contributed by atoms with Crippen molar-refractivity contribution in [3.05, 3.63) is 114 Å². The van der Waals surface area contributed by atoms with E-state index in [0.29, 0.717) is 5.56 Å². The lowest BCUT2D eigenvalue weighted by molar-refractivity contribution is 0.0943. The SMILES string of the molecule is Cc1ccc2nc(C(NC(=O)c3cccc4ccccc34)c3ccccc3)[nH]c2c1. The molecule has 0 radical (unpaired) electrons. The number of amides is 1. The number of aromatic nitrogens is 2. The summed E-state index contributed by atoms with van der Waals surface area (Å²) < 4.78 is 0. The van der Waals surface area contributed by atoms with Crippen molar-refractivity contribution in [2.45, 2.75) is 13.0 Å². The van der Waals surface area contributed by atoms with Crippen molar-refractivity contribution in [1.29, 1.82) is 0 Å². The van der Waals surface area contributed by atoms with E-state index in [0.717, 1.165) is 38.8 Å². The van der Waals surface area contributed by atoms with Crippen molar-refractivity contribution in [3.63, 3.8) is 0 Å². The van der Waals surface area contributed by atoms with Crippen LogP contribution in [0.4, 0.5) is 0 Å². The van der Waals surface area contributed by atoms with Crippen molar-refractivity contribution < 1.29 is 4.79 Å². The average Bonchev–Trinajstić information content (AvgIpc) is 3.20. The molecule has 1 heterocycles. The number of H-pyrrole nitrogens is 1. The van der Waals surface area contributed by atoms with Gasteiger partial charge in [0.25, 0.3) is 5.91 Å². The fraction of sp³-hybridized carbons (Fsp3) is 0.0769. The summed E-state index contributed by atoms with van der Waals surface area (Å²) in [6.07, 6.45) is 0. The Hall–Kier alpha value is -3.92. The molecular weight excluding hydrogens is 370 g/mol. The molecule has 5 rings (SSSR count). The van der Waals surface area contributed by atoms with Crippen LogP contribution in [0.1, 0.15) is 33.4 Å². The molecule has 4 aromatic carbocycles. The van der Waals surface area contributed by atoms with E-state index < -0.39 is 0 Å². The van der Waals surface area contributed by atoms with Gasteiger partial charge in [0, 0.05) is 5.56 Å². The summed E-state index contributed by atoms with van der Waals surface area (Å²) in [5.74, 6) is 0.590. The third kappa shape index (κ3) is 3.33. The zero-order valence-electron chi connectivity index (χ0n) is 16.6. The molecule has 1 unspecified atom stereocenters. The highest BCUT2D eigenvalue weighted by Crippen LogP contribution is 2.25. The maximum atomic E-state index is 13.3. The summed E-state index contributed by atoms with van der Waals surface area (Å²) in [6.45, 7) is 2.05. The van der Waals surface area contributed by atoms with E-state index in [1.54, 1.807) is 0 Å². The van der Waals surface area contributed by atoms with Crippen molar-refractivity contribution in [2.24, 2.45) is 0 Å². The number of imidazole rings is 1. The summed E-state index contributed by atoms with van der Waals surface area (Å²) in [7, 11) is 0. The predicted molar refractivity (Wildman–Crippen MR) is 121 cm³/mol. The minimum absolute atomic E-state index is 0.128. The Morgan fingerprint density at radius 2 is 1.67 bits per heavy atom. The fourth-order valence-electron chi connectivity index (χ4n) is 3.87. The molecular formula is C26H21N3O. The quantitative estimate of drug-likeness (QED) is 0.422. The molecule has 5 aromatic rings. The molecule has 1 amide bonds. The van der Waals surface area contributed by atoms with Crippen LogP contribution in [0, 0.1) is 6.92 Å². The maximum Gasteiger partial charge on any atom is 0.252 e. The number of nitrogens with one attached hydrogen (secondary N) is 2. The lowest BCUT2D eigenvalue weighted by Gasteiger charge is -2.18. The molecule has 146 valence electrons. The Balaban J connectivity index is 1.57. The van der Waals surface area contributed by atoms with Gasteiger partial charge in [-0.2, -0.15) is 0 Å². The third-order valence-electron chi connectivity index (χ3n) is 5.37. The Labute approximate surface area is 174 Å². The first-order valence-corrected chi connectivity index (χ1v) is 9.99. The molecule has 30 heavy (non-hydrogen) atoms. The molecule has 0 fully saturated rings. The Kier molecular flexibility index (Phi) is 4.52. The van der Waals surface area contributed by atoms with Crippen LogP contribution in [0.5, 0.6) is 0 Å². The Morgan fingerprint density at radius 1 is 0.900 bits per heavy atom. The molecule has 4 heteroatoms. The number of nitrogens with zero attached hydrogens (tertiary/aromatic N) is 1. The molecule has 0 saturated heterocycles. The second-order valence-corrected chi connectivity index (χ2v) is 7.49. The monoisotopic (exact) mass is 391 g/mol. The van der Waals surface area contributed by atoms with Gasteiger partial charge in [-0.15, -0.1) is 0 Å². The average molecular weight is 391 g/mol. The van der Waals surface area contributed by atoms with Crippen molar-refractivity contribution in [2.75, 3.05) is 0 Å². The number of hydrogen-bond acceptors (Lipinski definition) is 2. The zero-order valence-corrected chi connectivity index (χ0v) is 16.6. The number of carbonyl (C=O) groups excluding carboxylic acids is 1. The maximum absolute atomic E-state index is 13.3. The Morgan fingerprint density at radius 3 is 2.53 bits per heavy atom. The van der Waals surface area contributed by atoms with Gasteiger partial charge in [0.2, 0.25) is 0 Å². The molecule has 1 atom stereocenters. The van der Waals surface area contributed by atoms with Crippen LogP contribution in [0.2, 0.25) is 0 Å². The molecule has 0 spiro atoms. The summed E-state index contributed by atoms with van der Waals surface area (Å²) in [5, 5.41) is 5.18. The molecule has 0 aliphatic carbocycles. The summed E-state index contributed by atoms with van der Waals surface area (Å²) in [5.41, 5.74) is 4.64. The highest BCUT2D eigenvalue weighted by atomic mass is 16.1. The van der Waals surface area contributed by atoms with Crippen LogP contribution in [-0.2, 0) is 0 Å². The second-order valence-electron chi connectivity index (χ2n) is 7.49. The topological polar surface area (TPSA) is 57.8 Å². The van der Waals surface area contributed by atoms with Crippen molar-refractivity contribution in [1.82, 2.24) is 15.3 Å². The van der Waals surface area contributed by atoms with E-state index in [-0.39, 0.29) is 11.9 Å². The number of aryl methyl sites for hydroxylation is 1. The van der Waals surface area contributed by atoms with Gasteiger partial charge in [0.05, 0.1) is 11.0 Å². The molecule has 1 aromatic heterocycles. The molecule has 0 aliphatic rings. The van der Waals surface area contributed by atoms with Crippen molar-refractivity contribution in [3.8, 4) is 0 Å². The zero-order chi connectivity index (χ0) is 20.5. The normalized spacial score (nSPS) is 12.2. The predicted octanol–water partition coefficient (Wildman–Crippen LogP) is 5.54. The van der Waals surface area contributed by atoms with Gasteiger partial charge in [-0.1, -0.05) is 72.8 Å². The molecule has 2 N–H and O–H groups in total. The van der Waals surface area contributed by atoms with Gasteiger partial charge in [0.15, 0.2) is 0 Å². The number of aromatic amines is 1. The van der Waals surface area contributed by atoms with Gasteiger partial charge in [-0.3, -0.25) is 4.79 Å². The number of benzene rings is 4. The fourth-order valence-corrected chi connectivity index (χ4v) is 3.87. The van der Waals surface area contributed by atoms with E-state index in [4.69, 9.17) is 4.98 Å². The second kappa shape index (κ2) is 7.48. The van der Waals surface area contributed by atoms with Gasteiger partial charge >= 0.3 is 0 Å². The van der Waals surface area contributed by atoms with Gasteiger partial charge in [-0.25, -0.2) is 4.98 Å². The Bertz CT molecular complexity index is 1350. The largest absolute Gasteiger partial charge is 0.340 e. The van der Waals surface area contributed by atoms with Gasteiger partial charge < -0.3 is 10.3 Å². The third-order valence-corrected chi connectivity index (χ3v) is 5.37. The number of carbonyl (C=O) groups is 1. The van der Waals surface area contributed by atoms with E-state index in [9.17, 15) is 4.79 Å². The molecule has 0 bridgehead atoms. The molecule has 0 aliphatic heterocycles. The van der Waals surface area contributed by atoms with Gasteiger partial charge in [0.1, 0.15) is 11.9 Å². The summed E-state index contributed by atoms with van der Waals surface area (Å²) in [4.78, 5) is 21.5. The highest BCUT2D eigenvalue weighted by molar-refractivity contribution is 6.07. The summed E-state index contributed by atoms with van der Waals surface area (Å²) >= 11 is 0. The van der Waals surface area contributed by atoms with Crippen LogP contribution < -0.4 is 5.32 Å². The smallest absolute Gasteiger partial charge is 0.252 e. The lowest BCUT2D eigenvalue weighted by Crippen LogP contribution is -2.30. The highest BCUT2D eigenvalue weighted by Gasteiger charge is 2.22. The van der Waals surface area contributed by atoms with Crippen LogP contribution in [0.25, 0.3) is 21.8 Å². The number of hydrogen-bond donors (Lipinski definition) is 2. The standard InChI is InChI=1S/C26H21N3O/c1-17-14-15-22-23(16-17)28-25(27-22)24(19-9-3-2-4-10-19)29-26(30)21-13-7-11-18-8-5-6-12-20(18)21/h2-16,24H,1H3,(H,27,28)(H,29,30). The van der Waals surface area contributed by atoms with Crippen LogP contribution >= 0.6 is 0 Å². The van der Waals surface area contributed by atoms with E-state index in [2.05, 4.69) is 23.3 Å². The van der Waals surface area contributed by atoms with Crippen LogP contribution in [-0.4, -0.2) is 15.9 Å². The van der Waals surface area contributed by atoms with Crippen LogP contribution in [0.3, 0.4) is 0 Å². The number of rotatable bonds is 4. The van der Waals surface area contributed by atoms with E-state index in [1.807, 2.05) is 84.9 Å². The molecule has 0 saturated carbocycles. The van der Waals surface area contributed by atoms with E-state index >= 15 is 0 Å². The molecule has 4 nitrogen and oxygen atoms in total. The lowest BCUT2D eigenvalue weighted by atomic mass is 10.0. The first kappa shape index (κ1) is 18.1.